The van der Waals surface area contributed by atoms with Crippen molar-refractivity contribution in [1.29, 1.82) is 0 Å². The molecule has 0 saturated carbocycles. The summed E-state index contributed by atoms with van der Waals surface area (Å²) in [6.07, 6.45) is 2.35. The van der Waals surface area contributed by atoms with E-state index in [-0.39, 0.29) is 17.5 Å². The van der Waals surface area contributed by atoms with Gasteiger partial charge >= 0.3 is 0 Å². The summed E-state index contributed by atoms with van der Waals surface area (Å²) >= 11 is 0. The Balaban J connectivity index is 1.77. The number of aromatic nitrogens is 1. The summed E-state index contributed by atoms with van der Waals surface area (Å²) in [5.41, 5.74) is 3.66. The van der Waals surface area contributed by atoms with Crippen molar-refractivity contribution in [3.8, 4) is 0 Å². The molecule has 0 spiro atoms. The quantitative estimate of drug-likeness (QED) is 0.903. The number of piperazine rings is 1. The molecular formula is C21H26N4O2. The lowest BCUT2D eigenvalue weighted by Gasteiger charge is -2.32. The van der Waals surface area contributed by atoms with E-state index >= 15 is 0 Å². The number of pyridine rings is 1. The second-order valence-corrected chi connectivity index (χ2v) is 6.94. The van der Waals surface area contributed by atoms with Crippen LogP contribution >= 0.6 is 0 Å². The van der Waals surface area contributed by atoms with Gasteiger partial charge in [0.25, 0.3) is 11.8 Å². The van der Waals surface area contributed by atoms with Gasteiger partial charge in [0, 0.05) is 43.6 Å². The van der Waals surface area contributed by atoms with Crippen LogP contribution in [0.1, 0.15) is 38.9 Å². The summed E-state index contributed by atoms with van der Waals surface area (Å²) in [6, 6.07) is 9.21. The van der Waals surface area contributed by atoms with Gasteiger partial charge in [0.2, 0.25) is 0 Å². The van der Waals surface area contributed by atoms with Crippen LogP contribution in [0.15, 0.2) is 36.5 Å². The molecule has 142 valence electrons. The molecule has 0 bridgehead atoms. The number of para-hydroxylation sites is 1. The zero-order chi connectivity index (χ0) is 19.4. The first-order valence-corrected chi connectivity index (χ1v) is 9.33. The molecule has 2 heterocycles. The molecule has 3 rings (SSSR count). The number of carbonyl (C=O) groups excluding carboxylic acids is 2. The first-order valence-electron chi connectivity index (χ1n) is 9.33. The first kappa shape index (κ1) is 19.0. The standard InChI is InChI=1S/C21H26N4O2/c1-4-16-7-5-6-15(2)19(16)23-20(26)18-14-17(8-9-22-18)21(27)25-12-10-24(3)11-13-25/h5-9,14H,4,10-13H2,1-3H3,(H,23,26). The third kappa shape index (κ3) is 4.34. The Labute approximate surface area is 160 Å². The van der Waals surface area contributed by atoms with Crippen LogP contribution in [0.4, 0.5) is 5.69 Å². The van der Waals surface area contributed by atoms with Crippen molar-refractivity contribution in [2.24, 2.45) is 0 Å². The van der Waals surface area contributed by atoms with Crippen LogP contribution in [0.2, 0.25) is 0 Å². The van der Waals surface area contributed by atoms with Gasteiger partial charge in [-0.2, -0.15) is 0 Å². The van der Waals surface area contributed by atoms with Gasteiger partial charge in [-0.1, -0.05) is 25.1 Å². The Kier molecular flexibility index (Phi) is 5.86. The predicted molar refractivity (Wildman–Crippen MR) is 106 cm³/mol. The fraction of sp³-hybridized carbons (Fsp3) is 0.381. The average molecular weight is 366 g/mol. The molecule has 0 atom stereocenters. The minimum absolute atomic E-state index is 0.0512. The second-order valence-electron chi connectivity index (χ2n) is 6.94. The van der Waals surface area contributed by atoms with Gasteiger partial charge in [-0.25, -0.2) is 0 Å². The van der Waals surface area contributed by atoms with Gasteiger partial charge < -0.3 is 15.1 Å². The lowest BCUT2D eigenvalue weighted by molar-refractivity contribution is 0.0664. The topological polar surface area (TPSA) is 65.5 Å². The highest BCUT2D eigenvalue weighted by Gasteiger charge is 2.21. The number of amides is 2. The van der Waals surface area contributed by atoms with Gasteiger partial charge in [-0.05, 0) is 43.7 Å². The largest absolute Gasteiger partial charge is 0.336 e. The van der Waals surface area contributed by atoms with E-state index in [4.69, 9.17) is 0 Å². The summed E-state index contributed by atoms with van der Waals surface area (Å²) in [4.78, 5) is 33.7. The number of nitrogens with zero attached hydrogens (tertiary/aromatic N) is 3. The highest BCUT2D eigenvalue weighted by molar-refractivity contribution is 6.05. The van der Waals surface area contributed by atoms with Crippen LogP contribution in [0.5, 0.6) is 0 Å². The Morgan fingerprint density at radius 2 is 1.89 bits per heavy atom. The summed E-state index contributed by atoms with van der Waals surface area (Å²) < 4.78 is 0. The van der Waals surface area contributed by atoms with Crippen LogP contribution in [-0.2, 0) is 6.42 Å². The van der Waals surface area contributed by atoms with Crippen molar-refractivity contribution in [3.63, 3.8) is 0 Å². The highest BCUT2D eigenvalue weighted by atomic mass is 16.2. The van der Waals surface area contributed by atoms with Crippen molar-refractivity contribution in [3.05, 3.63) is 58.9 Å². The van der Waals surface area contributed by atoms with Gasteiger partial charge in [0.15, 0.2) is 0 Å². The molecule has 0 unspecified atom stereocenters. The Bertz CT molecular complexity index is 842. The molecule has 6 nitrogen and oxygen atoms in total. The Hall–Kier alpha value is -2.73. The van der Waals surface area contributed by atoms with Gasteiger partial charge in [-0.3, -0.25) is 14.6 Å². The minimum atomic E-state index is -0.299. The van der Waals surface area contributed by atoms with Crippen LogP contribution < -0.4 is 5.32 Å². The van der Waals surface area contributed by atoms with E-state index in [1.54, 1.807) is 12.1 Å². The normalized spacial score (nSPS) is 14.9. The molecular weight excluding hydrogens is 340 g/mol. The maximum Gasteiger partial charge on any atom is 0.274 e. The molecule has 0 aliphatic carbocycles. The molecule has 2 amide bonds. The van der Waals surface area contributed by atoms with E-state index in [0.29, 0.717) is 18.7 Å². The number of likely N-dealkylation sites (N-methyl/N-ethyl adjacent to an activating group) is 1. The molecule has 1 aliphatic heterocycles. The van der Waals surface area contributed by atoms with Crippen LogP contribution in [-0.4, -0.2) is 59.8 Å². The van der Waals surface area contributed by atoms with Crippen LogP contribution in [0.3, 0.4) is 0 Å². The lowest BCUT2D eigenvalue weighted by atomic mass is 10.1. The maximum absolute atomic E-state index is 12.7. The number of aryl methyl sites for hydroxylation is 2. The van der Waals surface area contributed by atoms with Crippen LogP contribution in [0.25, 0.3) is 0 Å². The molecule has 1 aliphatic rings. The number of hydrogen-bond acceptors (Lipinski definition) is 4. The van der Waals surface area contributed by atoms with Crippen molar-refractivity contribution in [2.75, 3.05) is 38.5 Å². The monoisotopic (exact) mass is 366 g/mol. The van der Waals surface area contributed by atoms with E-state index in [1.807, 2.05) is 37.1 Å². The average Bonchev–Trinajstić information content (AvgIpc) is 2.69. The third-order valence-corrected chi connectivity index (χ3v) is 5.01. The summed E-state index contributed by atoms with van der Waals surface area (Å²) in [7, 11) is 2.05. The summed E-state index contributed by atoms with van der Waals surface area (Å²) in [5.74, 6) is -0.350. The van der Waals surface area contributed by atoms with E-state index in [9.17, 15) is 9.59 Å². The number of nitrogens with one attached hydrogen (secondary N) is 1. The SMILES string of the molecule is CCc1cccc(C)c1NC(=O)c1cc(C(=O)N2CCN(C)CC2)ccn1. The molecule has 1 aromatic heterocycles. The maximum atomic E-state index is 12.7. The molecule has 1 fully saturated rings. The number of rotatable bonds is 4. The van der Waals surface area contributed by atoms with Crippen molar-refractivity contribution in [1.82, 2.24) is 14.8 Å². The third-order valence-electron chi connectivity index (χ3n) is 5.01. The molecule has 0 radical (unpaired) electrons. The van der Waals surface area contributed by atoms with E-state index in [2.05, 4.69) is 22.1 Å². The first-order chi connectivity index (χ1) is 13.0. The molecule has 1 aromatic carbocycles. The van der Waals surface area contributed by atoms with E-state index in [0.717, 1.165) is 36.3 Å². The van der Waals surface area contributed by atoms with Gasteiger partial charge in [0.05, 0.1) is 0 Å². The lowest BCUT2D eigenvalue weighted by Crippen LogP contribution is -2.47. The second kappa shape index (κ2) is 8.31. The zero-order valence-corrected chi connectivity index (χ0v) is 16.2. The highest BCUT2D eigenvalue weighted by Crippen LogP contribution is 2.22. The summed E-state index contributed by atoms with van der Waals surface area (Å²) in [6.45, 7) is 7.13. The van der Waals surface area contributed by atoms with Crippen molar-refractivity contribution >= 4 is 17.5 Å². The summed E-state index contributed by atoms with van der Waals surface area (Å²) in [5, 5.41) is 2.96. The smallest absolute Gasteiger partial charge is 0.274 e. The predicted octanol–water partition coefficient (Wildman–Crippen LogP) is 2.59. The van der Waals surface area contributed by atoms with Crippen molar-refractivity contribution in [2.45, 2.75) is 20.3 Å². The Morgan fingerprint density at radius 3 is 2.59 bits per heavy atom. The Morgan fingerprint density at radius 1 is 1.15 bits per heavy atom. The number of hydrogen-bond donors (Lipinski definition) is 1. The molecule has 1 saturated heterocycles. The molecule has 6 heteroatoms. The van der Waals surface area contributed by atoms with Gasteiger partial charge in [0.1, 0.15) is 5.69 Å². The van der Waals surface area contributed by atoms with Crippen molar-refractivity contribution < 1.29 is 9.59 Å². The molecule has 27 heavy (non-hydrogen) atoms. The zero-order valence-electron chi connectivity index (χ0n) is 16.2. The minimum Gasteiger partial charge on any atom is -0.336 e. The van der Waals surface area contributed by atoms with E-state index < -0.39 is 0 Å². The van der Waals surface area contributed by atoms with Gasteiger partial charge in [-0.15, -0.1) is 0 Å². The molecule has 2 aromatic rings. The van der Waals surface area contributed by atoms with E-state index in [1.165, 1.54) is 6.20 Å². The number of carbonyl (C=O) groups is 2. The fourth-order valence-electron chi connectivity index (χ4n) is 3.26. The molecule has 1 N–H and O–H groups in total. The fourth-order valence-corrected chi connectivity index (χ4v) is 3.26. The number of anilines is 1. The number of benzene rings is 1. The van der Waals surface area contributed by atoms with Crippen LogP contribution in [0, 0.1) is 6.92 Å².